The standard InChI is InChI=1S/C116H136N8O4/c1-5-9-13-17-21-25-29-33-37-41-45-49-53-61-89-65-57-69-93(81-89)125-97-73-77-101-105(85-97)113-118-109(101)117-110-102-78-74-99(127-95-71-59-67-91(83-95)63-55-51-47-43-39-35-31-27-23-19-15-11-7-3)87-107(102)115(119-110)124-116-108-88-100(128-96-72-60-68-92(84-96)64-56-52-48-44-40-36-32-28-24-20-16-12-8-4)76-80-104(108)112(123-116)122-114-106-86-98(75-79-103(106)111(120-113)121-114)126-94-70-58-66-90(82-94)62-54-50-46-42-38-34-30-26-22-18-14-10-6-2/h13-20,25-32,57-60,65-88H,5-12,21-24,33-56,61-64H2,1-4H3/b17-13+,18-14+,19-15+,20-16+,29-25+,30-26+,31-27+,32-28+,117-109?,117-110?,120-111?,120-113?,122-112?,122-114?,124-115?,124-116?. The first-order chi connectivity index (χ1) is 63.3. The van der Waals surface area contributed by atoms with Crippen molar-refractivity contribution >= 4 is 46.7 Å². The van der Waals surface area contributed by atoms with Gasteiger partial charge >= 0.3 is 0 Å². The molecule has 12 nitrogen and oxygen atoms in total. The Bertz CT molecular complexity index is 5450. The van der Waals surface area contributed by atoms with Crippen molar-refractivity contribution < 1.29 is 18.9 Å². The van der Waals surface area contributed by atoms with Crippen molar-refractivity contribution in [1.82, 2.24) is 0 Å². The predicted octanol–water partition coefficient (Wildman–Crippen LogP) is 32.7. The van der Waals surface area contributed by atoms with Crippen LogP contribution >= 0.6 is 0 Å². The summed E-state index contributed by atoms with van der Waals surface area (Å²) in [6, 6.07) is 58.2. The lowest BCUT2D eigenvalue weighted by Crippen LogP contribution is -2.03. The number of fused-ring (bicyclic) bond motifs is 16. The molecule has 664 valence electrons. The second-order valence-electron chi connectivity index (χ2n) is 34.4. The van der Waals surface area contributed by atoms with Crippen LogP contribution in [-0.2, 0) is 25.7 Å². The number of hydrogen-bond acceptors (Lipinski definition) is 12. The number of rotatable bonds is 56. The third-order valence-corrected chi connectivity index (χ3v) is 23.7. The quantitative estimate of drug-likeness (QED) is 0.0277. The smallest absolute Gasteiger partial charge is 0.164 e. The molecule has 0 amide bonds. The van der Waals surface area contributed by atoms with Gasteiger partial charge in [-0.3, -0.25) is 0 Å². The van der Waals surface area contributed by atoms with Crippen LogP contribution in [0.2, 0.25) is 0 Å². The number of nitrogens with zero attached hydrogens (tertiary/aromatic N) is 8. The van der Waals surface area contributed by atoms with E-state index in [0.717, 1.165) is 196 Å². The van der Waals surface area contributed by atoms with E-state index in [9.17, 15) is 0 Å². The normalized spacial score (nSPS) is 13.9. The number of aliphatic imine (C=N–C) groups is 8. The topological polar surface area (TPSA) is 136 Å². The van der Waals surface area contributed by atoms with E-state index in [4.69, 9.17) is 58.9 Å². The number of amidine groups is 8. The first kappa shape index (κ1) is 93.9. The van der Waals surface area contributed by atoms with Gasteiger partial charge in [0.1, 0.15) is 46.0 Å². The van der Waals surface area contributed by atoms with E-state index in [2.05, 4.69) is 198 Å². The van der Waals surface area contributed by atoms with Crippen LogP contribution in [0.25, 0.3) is 0 Å². The highest BCUT2D eigenvalue weighted by Crippen LogP contribution is 2.38. The lowest BCUT2D eigenvalue weighted by atomic mass is 10.0. The van der Waals surface area contributed by atoms with Crippen LogP contribution in [-0.4, -0.2) is 46.7 Å². The van der Waals surface area contributed by atoms with Gasteiger partial charge in [-0.15, -0.1) is 0 Å². The second-order valence-corrected chi connectivity index (χ2v) is 34.4. The summed E-state index contributed by atoms with van der Waals surface area (Å²) in [5, 5.41) is 0. The molecule has 8 aromatic carbocycles. The Morgan fingerprint density at radius 1 is 0.180 bits per heavy atom. The van der Waals surface area contributed by atoms with Crippen molar-refractivity contribution in [2.75, 3.05) is 0 Å². The van der Waals surface area contributed by atoms with E-state index in [-0.39, 0.29) is 0 Å². The largest absolute Gasteiger partial charge is 0.457 e. The second kappa shape index (κ2) is 53.1. The molecule has 0 saturated carbocycles. The van der Waals surface area contributed by atoms with Crippen LogP contribution in [0, 0.1) is 0 Å². The molecule has 0 spiro atoms. The zero-order chi connectivity index (χ0) is 88.0. The molecule has 0 atom stereocenters. The highest BCUT2D eigenvalue weighted by Gasteiger charge is 2.33. The summed E-state index contributed by atoms with van der Waals surface area (Å²) in [6.07, 6.45) is 83.0. The number of unbranched alkanes of at least 4 members (excludes halogenated alkanes) is 24. The number of hydrogen-bond donors (Lipinski definition) is 0. The SMILES string of the molecule is CCC/C=C/C/C=C/CCCCCCCc1cccc(Oc2ccc3c(c2)C2=NC3=NC3=NC(=NC4=NC(=NC5=NC(=N2)c2ccc(Oc6cccc(CCCCCCC/C=C/C/C=C/CCC)c6)cc25)c2ccc(Oc5cccc(CCCCCCC/C=C/C/C=C/CCC)c5)cc24)c2cc(Oc4cccc(CCCCCCC/C=C/C/C=C/CCC)c4)ccc23)c1. The number of allylic oxidation sites excluding steroid dienone is 16. The molecule has 8 aromatic rings. The predicted molar refractivity (Wildman–Crippen MR) is 541 cm³/mol. The Morgan fingerprint density at radius 2 is 0.367 bits per heavy atom. The Morgan fingerprint density at radius 3 is 0.586 bits per heavy atom. The fourth-order valence-corrected chi connectivity index (χ4v) is 16.6. The summed E-state index contributed by atoms with van der Waals surface area (Å²) < 4.78 is 27.4. The molecule has 5 aliphatic heterocycles. The molecular formula is C116H136N8O4. The van der Waals surface area contributed by atoms with Gasteiger partial charge in [-0.05, 0) is 298 Å². The van der Waals surface area contributed by atoms with Gasteiger partial charge in [0.25, 0.3) is 0 Å². The first-order valence-corrected chi connectivity index (χ1v) is 48.9. The molecule has 5 heterocycles. The number of aryl methyl sites for hydroxylation is 4. The van der Waals surface area contributed by atoms with E-state index in [0.29, 0.717) is 69.7 Å². The molecule has 0 radical (unpaired) electrons. The molecule has 0 unspecified atom stereocenters. The highest BCUT2D eigenvalue weighted by molar-refractivity contribution is 6.35. The van der Waals surface area contributed by atoms with Gasteiger partial charge in [0, 0.05) is 44.5 Å². The Kier molecular flexibility index (Phi) is 39.0. The molecule has 12 heteroatoms. The van der Waals surface area contributed by atoms with E-state index >= 15 is 0 Å². The average molecular weight is 1710 g/mol. The summed E-state index contributed by atoms with van der Waals surface area (Å²) in [7, 11) is 0. The molecule has 0 N–H and O–H groups in total. The van der Waals surface area contributed by atoms with E-state index < -0.39 is 0 Å². The first-order valence-electron chi connectivity index (χ1n) is 48.9. The minimum atomic E-state index is 0.403. The van der Waals surface area contributed by atoms with Gasteiger partial charge in [0.15, 0.2) is 46.7 Å². The Labute approximate surface area is 765 Å². The lowest BCUT2D eigenvalue weighted by molar-refractivity contribution is 0.481. The summed E-state index contributed by atoms with van der Waals surface area (Å²) in [5.41, 5.74) is 10.9. The maximum Gasteiger partial charge on any atom is 0.164 e. The molecule has 8 bridgehead atoms. The number of ether oxygens (including phenoxy) is 4. The number of benzene rings is 8. The van der Waals surface area contributed by atoms with Gasteiger partial charge in [0.05, 0.1) is 0 Å². The zero-order valence-corrected chi connectivity index (χ0v) is 76.9. The maximum atomic E-state index is 6.85. The van der Waals surface area contributed by atoms with Crippen molar-refractivity contribution in [2.45, 2.75) is 285 Å². The zero-order valence-electron chi connectivity index (χ0n) is 76.9. The van der Waals surface area contributed by atoms with E-state index in [1.807, 2.05) is 97.1 Å². The van der Waals surface area contributed by atoms with Gasteiger partial charge in [-0.25, -0.2) is 39.9 Å². The van der Waals surface area contributed by atoms with Crippen LogP contribution in [0.15, 0.2) is 307 Å². The van der Waals surface area contributed by atoms with Crippen molar-refractivity contribution in [3.8, 4) is 46.0 Å². The summed E-state index contributed by atoms with van der Waals surface area (Å²) in [5.74, 6) is 8.93. The monoisotopic (exact) mass is 1710 g/mol. The Hall–Kier alpha value is -11.8. The summed E-state index contributed by atoms with van der Waals surface area (Å²) in [6.45, 7) is 8.90. The van der Waals surface area contributed by atoms with Crippen molar-refractivity contribution in [3.05, 3.63) is 334 Å². The van der Waals surface area contributed by atoms with Crippen LogP contribution in [0.5, 0.6) is 46.0 Å². The molecule has 5 aliphatic rings. The van der Waals surface area contributed by atoms with Gasteiger partial charge in [-0.2, -0.15) is 0 Å². The van der Waals surface area contributed by atoms with Crippen LogP contribution < -0.4 is 18.9 Å². The van der Waals surface area contributed by atoms with Gasteiger partial charge in [-0.1, -0.05) is 276 Å². The summed E-state index contributed by atoms with van der Waals surface area (Å²) >= 11 is 0. The van der Waals surface area contributed by atoms with Crippen LogP contribution in [0.1, 0.15) is 326 Å². The summed E-state index contributed by atoms with van der Waals surface area (Å²) in [4.78, 5) is 43.4. The third kappa shape index (κ3) is 30.2. The molecule has 13 rings (SSSR count). The Balaban J connectivity index is 0.789. The van der Waals surface area contributed by atoms with Crippen LogP contribution in [0.3, 0.4) is 0 Å². The molecular weight excluding hydrogens is 1570 g/mol. The minimum absolute atomic E-state index is 0.403. The van der Waals surface area contributed by atoms with E-state index in [1.165, 1.54) is 151 Å². The molecule has 0 fully saturated rings. The molecule has 0 aromatic heterocycles. The minimum Gasteiger partial charge on any atom is -0.457 e. The molecule has 0 saturated heterocycles. The van der Waals surface area contributed by atoms with Gasteiger partial charge < -0.3 is 18.9 Å². The third-order valence-electron chi connectivity index (χ3n) is 23.7. The van der Waals surface area contributed by atoms with Crippen molar-refractivity contribution in [1.29, 1.82) is 0 Å². The maximum absolute atomic E-state index is 6.85. The van der Waals surface area contributed by atoms with Gasteiger partial charge in [0.2, 0.25) is 0 Å². The molecule has 0 aliphatic carbocycles. The van der Waals surface area contributed by atoms with E-state index in [1.54, 1.807) is 0 Å². The molecule has 128 heavy (non-hydrogen) atoms. The van der Waals surface area contributed by atoms with Crippen LogP contribution in [0.4, 0.5) is 0 Å². The fraction of sp³-hybridized carbons (Fsp3) is 0.379. The van der Waals surface area contributed by atoms with Crippen molar-refractivity contribution in [3.63, 3.8) is 0 Å². The van der Waals surface area contributed by atoms with Crippen molar-refractivity contribution in [2.24, 2.45) is 39.9 Å². The fourth-order valence-electron chi connectivity index (χ4n) is 16.6. The lowest BCUT2D eigenvalue weighted by Gasteiger charge is -2.11. The average Bonchev–Trinajstić information content (AvgIpc) is 1.60. The highest BCUT2D eigenvalue weighted by atomic mass is 16.5.